The van der Waals surface area contributed by atoms with Gasteiger partial charge in [0.2, 0.25) is 5.91 Å². The van der Waals surface area contributed by atoms with Gasteiger partial charge in [0.15, 0.2) is 0 Å². The molecular weight excluding hydrogens is 292 g/mol. The van der Waals surface area contributed by atoms with Gasteiger partial charge >= 0.3 is 6.09 Å². The van der Waals surface area contributed by atoms with E-state index in [9.17, 15) is 9.59 Å². The quantitative estimate of drug-likeness (QED) is 0.847. The summed E-state index contributed by atoms with van der Waals surface area (Å²) >= 11 is 0. The number of rotatable bonds is 6. The molecule has 128 valence electrons. The van der Waals surface area contributed by atoms with Crippen LogP contribution in [-0.2, 0) is 16.0 Å². The third-order valence-electron chi connectivity index (χ3n) is 3.23. The van der Waals surface area contributed by atoms with Gasteiger partial charge in [-0.3, -0.25) is 4.79 Å². The van der Waals surface area contributed by atoms with E-state index >= 15 is 0 Å². The molecule has 1 aromatic carbocycles. The summed E-state index contributed by atoms with van der Waals surface area (Å²) in [6.07, 6.45) is -0.133. The molecule has 0 heterocycles. The second kappa shape index (κ2) is 8.56. The molecule has 0 bridgehead atoms. The highest BCUT2D eigenvalue weighted by atomic mass is 16.6. The number of benzene rings is 1. The number of alkyl carbamates (subject to hydrolysis) is 1. The molecule has 5 nitrogen and oxygen atoms in total. The molecule has 0 aliphatic carbocycles. The van der Waals surface area contributed by atoms with Gasteiger partial charge in [-0.15, -0.1) is 0 Å². The van der Waals surface area contributed by atoms with Crippen LogP contribution in [0.5, 0.6) is 0 Å². The van der Waals surface area contributed by atoms with Crippen LogP contribution in [0.15, 0.2) is 30.3 Å². The summed E-state index contributed by atoms with van der Waals surface area (Å²) in [5.41, 5.74) is 0.425. The molecule has 0 aliphatic rings. The van der Waals surface area contributed by atoms with Gasteiger partial charge in [0.05, 0.1) is 12.5 Å². The fourth-order valence-corrected chi connectivity index (χ4v) is 1.98. The summed E-state index contributed by atoms with van der Waals surface area (Å²) < 4.78 is 5.26. The lowest BCUT2D eigenvalue weighted by Gasteiger charge is -2.26. The molecule has 0 spiro atoms. The molecule has 1 rings (SSSR count). The third kappa shape index (κ3) is 8.24. The largest absolute Gasteiger partial charge is 0.444 e. The minimum Gasteiger partial charge on any atom is -0.444 e. The number of carbonyl (C=O) groups excluding carboxylic acids is 2. The summed E-state index contributed by atoms with van der Waals surface area (Å²) in [7, 11) is 0. The number of ether oxygens (including phenoxy) is 1. The first-order chi connectivity index (χ1) is 10.7. The van der Waals surface area contributed by atoms with Crippen LogP contribution in [0.3, 0.4) is 0 Å². The average Bonchev–Trinajstić information content (AvgIpc) is 2.42. The molecule has 2 amide bonds. The zero-order chi connectivity index (χ0) is 17.5. The van der Waals surface area contributed by atoms with Gasteiger partial charge in [0, 0.05) is 6.54 Å². The highest BCUT2D eigenvalue weighted by Gasteiger charge is 2.21. The van der Waals surface area contributed by atoms with Crippen molar-refractivity contribution in [2.24, 2.45) is 5.92 Å². The standard InChI is InChI=1S/C18H28N2O3/c1-13(2)15(20-17(22)23-18(3,4)5)12-19-16(21)11-14-9-7-6-8-10-14/h6-10,13,15H,11-12H2,1-5H3,(H,19,21)(H,20,22)/t15-/m0/s1. The summed E-state index contributed by atoms with van der Waals surface area (Å²) in [6, 6.07) is 9.38. The van der Waals surface area contributed by atoms with Crippen LogP contribution in [-0.4, -0.2) is 30.2 Å². The Morgan fingerprint density at radius 2 is 1.74 bits per heavy atom. The number of nitrogens with one attached hydrogen (secondary N) is 2. The Labute approximate surface area is 138 Å². The zero-order valence-corrected chi connectivity index (χ0v) is 14.7. The van der Waals surface area contributed by atoms with Gasteiger partial charge in [0.1, 0.15) is 5.60 Å². The van der Waals surface area contributed by atoms with E-state index in [-0.39, 0.29) is 17.9 Å². The normalized spacial score (nSPS) is 12.6. The van der Waals surface area contributed by atoms with Crippen LogP contribution in [0.2, 0.25) is 0 Å². The van der Waals surface area contributed by atoms with Gasteiger partial charge in [-0.2, -0.15) is 0 Å². The third-order valence-corrected chi connectivity index (χ3v) is 3.23. The lowest BCUT2D eigenvalue weighted by atomic mass is 10.0. The molecule has 2 N–H and O–H groups in total. The highest BCUT2D eigenvalue weighted by Crippen LogP contribution is 2.08. The molecule has 1 aromatic rings. The Morgan fingerprint density at radius 1 is 1.13 bits per heavy atom. The fraction of sp³-hybridized carbons (Fsp3) is 0.556. The Kier molecular flexibility index (Phi) is 7.07. The van der Waals surface area contributed by atoms with Crippen molar-refractivity contribution in [2.75, 3.05) is 6.54 Å². The summed E-state index contributed by atoms with van der Waals surface area (Å²) in [5, 5.41) is 5.69. The van der Waals surface area contributed by atoms with Crippen LogP contribution in [0.25, 0.3) is 0 Å². The number of hydrogen-bond acceptors (Lipinski definition) is 3. The van der Waals surface area contributed by atoms with Gasteiger partial charge in [-0.05, 0) is 32.3 Å². The average molecular weight is 320 g/mol. The first-order valence-corrected chi connectivity index (χ1v) is 7.97. The van der Waals surface area contributed by atoms with E-state index in [0.717, 1.165) is 5.56 Å². The van der Waals surface area contributed by atoms with Gasteiger partial charge in [-0.25, -0.2) is 4.79 Å². The van der Waals surface area contributed by atoms with Gasteiger partial charge < -0.3 is 15.4 Å². The lowest BCUT2D eigenvalue weighted by Crippen LogP contribution is -2.48. The molecule has 0 aromatic heterocycles. The van der Waals surface area contributed by atoms with Crippen LogP contribution in [0.4, 0.5) is 4.79 Å². The fourth-order valence-electron chi connectivity index (χ4n) is 1.98. The zero-order valence-electron chi connectivity index (χ0n) is 14.7. The van der Waals surface area contributed by atoms with Crippen molar-refractivity contribution in [1.29, 1.82) is 0 Å². The van der Waals surface area contributed by atoms with E-state index in [0.29, 0.717) is 13.0 Å². The molecule has 0 saturated heterocycles. The lowest BCUT2D eigenvalue weighted by molar-refractivity contribution is -0.120. The predicted molar refractivity (Wildman–Crippen MR) is 91.2 cm³/mol. The van der Waals surface area contributed by atoms with Crippen LogP contribution < -0.4 is 10.6 Å². The van der Waals surface area contributed by atoms with Crippen molar-refractivity contribution in [3.63, 3.8) is 0 Å². The second-order valence-corrected chi connectivity index (χ2v) is 6.96. The Hall–Kier alpha value is -2.04. The molecule has 1 atom stereocenters. The maximum absolute atomic E-state index is 12.0. The summed E-state index contributed by atoms with van der Waals surface area (Å²) in [6.45, 7) is 9.81. The maximum atomic E-state index is 12.0. The van der Waals surface area contributed by atoms with E-state index in [1.54, 1.807) is 0 Å². The molecule has 0 saturated carbocycles. The van der Waals surface area contributed by atoms with Crippen molar-refractivity contribution in [1.82, 2.24) is 10.6 Å². The van der Waals surface area contributed by atoms with Crippen LogP contribution in [0.1, 0.15) is 40.2 Å². The Morgan fingerprint density at radius 3 is 2.26 bits per heavy atom. The van der Waals surface area contributed by atoms with E-state index in [4.69, 9.17) is 4.74 Å². The van der Waals surface area contributed by atoms with Crippen LogP contribution in [0, 0.1) is 5.92 Å². The number of amides is 2. The monoisotopic (exact) mass is 320 g/mol. The molecular formula is C18H28N2O3. The minimum absolute atomic E-state index is 0.0622. The topological polar surface area (TPSA) is 67.4 Å². The molecule has 0 radical (unpaired) electrons. The highest BCUT2D eigenvalue weighted by molar-refractivity contribution is 5.78. The molecule has 0 fully saturated rings. The van der Waals surface area contributed by atoms with Crippen molar-refractivity contribution < 1.29 is 14.3 Å². The van der Waals surface area contributed by atoms with E-state index in [2.05, 4.69) is 10.6 Å². The predicted octanol–water partition coefficient (Wildman–Crippen LogP) is 2.89. The SMILES string of the molecule is CC(C)[C@H](CNC(=O)Cc1ccccc1)NC(=O)OC(C)(C)C. The molecule has 23 heavy (non-hydrogen) atoms. The van der Waals surface area contributed by atoms with Gasteiger partial charge in [-0.1, -0.05) is 44.2 Å². The van der Waals surface area contributed by atoms with Crippen LogP contribution >= 0.6 is 0 Å². The Bertz CT molecular complexity index is 507. The van der Waals surface area contributed by atoms with E-state index in [1.807, 2.05) is 65.0 Å². The molecule has 5 heteroatoms. The van der Waals surface area contributed by atoms with Crippen molar-refractivity contribution in [3.05, 3.63) is 35.9 Å². The summed E-state index contributed by atoms with van der Waals surface area (Å²) in [5.74, 6) is 0.118. The van der Waals surface area contributed by atoms with E-state index in [1.165, 1.54) is 0 Å². The van der Waals surface area contributed by atoms with Crippen molar-refractivity contribution >= 4 is 12.0 Å². The summed E-state index contributed by atoms with van der Waals surface area (Å²) in [4.78, 5) is 23.9. The maximum Gasteiger partial charge on any atom is 0.407 e. The number of hydrogen-bond donors (Lipinski definition) is 2. The molecule has 0 aliphatic heterocycles. The van der Waals surface area contributed by atoms with E-state index < -0.39 is 11.7 Å². The first-order valence-electron chi connectivity index (χ1n) is 7.97. The molecule has 0 unspecified atom stereocenters. The van der Waals surface area contributed by atoms with Gasteiger partial charge in [0.25, 0.3) is 0 Å². The first kappa shape index (κ1) is 19.0. The second-order valence-electron chi connectivity index (χ2n) is 6.96. The van der Waals surface area contributed by atoms with Crippen molar-refractivity contribution in [2.45, 2.75) is 52.7 Å². The van der Waals surface area contributed by atoms with Crippen molar-refractivity contribution in [3.8, 4) is 0 Å². The smallest absolute Gasteiger partial charge is 0.407 e. The minimum atomic E-state index is -0.540. The Balaban J connectivity index is 2.47. The number of carbonyl (C=O) groups is 2.